The molecule has 14 heavy (non-hydrogen) atoms. The van der Waals surface area contributed by atoms with Gasteiger partial charge in [-0.05, 0) is 6.42 Å². The maximum Gasteiger partial charge on any atom is 0.324 e. The van der Waals surface area contributed by atoms with Crippen LogP contribution in [0.15, 0.2) is 0 Å². The molecule has 0 aromatic rings. The molecule has 1 atom stereocenters. The van der Waals surface area contributed by atoms with Gasteiger partial charge in [-0.25, -0.2) is 4.79 Å². The van der Waals surface area contributed by atoms with E-state index >= 15 is 0 Å². The lowest BCUT2D eigenvalue weighted by atomic mass is 10.1. The van der Waals surface area contributed by atoms with Crippen molar-refractivity contribution >= 4 is 35.1 Å². The van der Waals surface area contributed by atoms with Gasteiger partial charge >= 0.3 is 6.03 Å². The average molecular weight is 237 g/mol. The first kappa shape index (κ1) is 10.1. The van der Waals surface area contributed by atoms with Crippen LogP contribution >= 0.6 is 23.2 Å². The van der Waals surface area contributed by atoms with E-state index in [1.807, 2.05) is 6.92 Å². The van der Waals surface area contributed by atoms with Gasteiger partial charge in [-0.15, -0.1) is 23.2 Å². The summed E-state index contributed by atoms with van der Waals surface area (Å²) in [6, 6.07) is -0.354. The van der Waals surface area contributed by atoms with Gasteiger partial charge < -0.3 is 5.32 Å². The molecule has 2 fully saturated rings. The van der Waals surface area contributed by atoms with E-state index in [1.165, 1.54) is 4.90 Å². The van der Waals surface area contributed by atoms with E-state index in [-0.39, 0.29) is 23.9 Å². The maximum atomic E-state index is 11.3. The van der Waals surface area contributed by atoms with Gasteiger partial charge in [0.1, 0.15) is 4.33 Å². The van der Waals surface area contributed by atoms with Crippen LogP contribution in [0.1, 0.15) is 13.3 Å². The SMILES string of the molecule is CC1(CN2C(=O)CNC2=O)CC1(Cl)Cl. The van der Waals surface area contributed by atoms with E-state index in [9.17, 15) is 9.59 Å². The summed E-state index contributed by atoms with van der Waals surface area (Å²) in [4.78, 5) is 23.6. The summed E-state index contributed by atoms with van der Waals surface area (Å²) in [5.41, 5.74) is -0.354. The van der Waals surface area contributed by atoms with Gasteiger partial charge in [-0.1, -0.05) is 6.92 Å². The number of alkyl halides is 2. The molecule has 1 aliphatic heterocycles. The van der Waals surface area contributed by atoms with Crippen molar-refractivity contribution in [2.75, 3.05) is 13.1 Å². The number of rotatable bonds is 2. The number of carbonyl (C=O) groups is 2. The van der Waals surface area contributed by atoms with E-state index in [0.717, 1.165) is 0 Å². The summed E-state index contributed by atoms with van der Waals surface area (Å²) in [6.45, 7) is 2.24. The first-order valence-corrected chi connectivity index (χ1v) is 5.07. The Hall–Kier alpha value is -0.480. The van der Waals surface area contributed by atoms with Crippen molar-refractivity contribution in [2.24, 2.45) is 5.41 Å². The molecule has 3 amide bonds. The maximum absolute atomic E-state index is 11.3. The molecule has 0 aromatic heterocycles. The smallest absolute Gasteiger partial charge is 0.324 e. The summed E-state index contributed by atoms with van der Waals surface area (Å²) in [5.74, 6) is -0.216. The summed E-state index contributed by atoms with van der Waals surface area (Å²) in [5, 5.41) is 2.45. The van der Waals surface area contributed by atoms with Crippen LogP contribution in [0.5, 0.6) is 0 Å². The number of carbonyl (C=O) groups excluding carboxylic acids is 2. The summed E-state index contributed by atoms with van der Waals surface area (Å²) >= 11 is 11.8. The van der Waals surface area contributed by atoms with Crippen molar-refractivity contribution in [1.82, 2.24) is 10.2 Å². The van der Waals surface area contributed by atoms with Gasteiger partial charge in [0.05, 0.1) is 6.54 Å². The number of halogens is 2. The minimum absolute atomic E-state index is 0.0759. The molecule has 1 aliphatic carbocycles. The molecule has 0 spiro atoms. The van der Waals surface area contributed by atoms with Crippen molar-refractivity contribution < 1.29 is 9.59 Å². The molecule has 2 aliphatic rings. The third-order valence-corrected chi connectivity index (χ3v) is 3.99. The van der Waals surface area contributed by atoms with Crippen LogP contribution in [0.2, 0.25) is 0 Å². The van der Waals surface area contributed by atoms with E-state index in [0.29, 0.717) is 13.0 Å². The third kappa shape index (κ3) is 1.37. The van der Waals surface area contributed by atoms with Gasteiger partial charge in [0.15, 0.2) is 0 Å². The minimum atomic E-state index is -0.795. The quantitative estimate of drug-likeness (QED) is 0.578. The molecular weight excluding hydrogens is 227 g/mol. The number of nitrogens with one attached hydrogen (secondary N) is 1. The van der Waals surface area contributed by atoms with Crippen LogP contribution in [-0.4, -0.2) is 34.3 Å². The van der Waals surface area contributed by atoms with Crippen molar-refractivity contribution in [3.63, 3.8) is 0 Å². The van der Waals surface area contributed by atoms with Gasteiger partial charge in [-0.3, -0.25) is 9.69 Å². The first-order valence-electron chi connectivity index (χ1n) is 4.32. The highest BCUT2D eigenvalue weighted by Crippen LogP contribution is 2.63. The number of imide groups is 1. The lowest BCUT2D eigenvalue weighted by Gasteiger charge is -2.18. The highest BCUT2D eigenvalue weighted by Gasteiger charge is 2.64. The number of hydrogen-bond acceptors (Lipinski definition) is 2. The molecular formula is C8H10Cl2N2O2. The summed E-state index contributed by atoms with van der Waals surface area (Å²) in [6.07, 6.45) is 0.611. The van der Waals surface area contributed by atoms with Crippen molar-refractivity contribution in [2.45, 2.75) is 17.7 Å². The van der Waals surface area contributed by atoms with E-state index in [1.54, 1.807) is 0 Å². The van der Waals surface area contributed by atoms with Crippen LogP contribution < -0.4 is 5.32 Å². The normalized spacial score (nSPS) is 34.6. The zero-order chi connectivity index (χ0) is 10.6. The Kier molecular flexibility index (Phi) is 1.98. The highest BCUT2D eigenvalue weighted by molar-refractivity contribution is 6.51. The number of urea groups is 1. The van der Waals surface area contributed by atoms with E-state index in [4.69, 9.17) is 23.2 Å². The molecule has 0 aromatic carbocycles. The Morgan fingerprint density at radius 3 is 2.43 bits per heavy atom. The molecule has 78 valence electrons. The second-order valence-corrected chi connectivity index (χ2v) is 5.56. The summed E-state index contributed by atoms with van der Waals surface area (Å²) in [7, 11) is 0. The Morgan fingerprint density at radius 1 is 1.50 bits per heavy atom. The van der Waals surface area contributed by atoms with Crippen LogP contribution in [0.3, 0.4) is 0 Å². The van der Waals surface area contributed by atoms with E-state index < -0.39 is 4.33 Å². The van der Waals surface area contributed by atoms with Crippen molar-refractivity contribution in [3.8, 4) is 0 Å². The molecule has 1 N–H and O–H groups in total. The molecule has 4 nitrogen and oxygen atoms in total. The fourth-order valence-corrected chi connectivity index (χ4v) is 2.29. The van der Waals surface area contributed by atoms with Gasteiger partial charge in [0.2, 0.25) is 5.91 Å². The molecule has 1 saturated heterocycles. The fraction of sp³-hybridized carbons (Fsp3) is 0.750. The Bertz CT molecular complexity index is 302. The molecule has 1 heterocycles. The van der Waals surface area contributed by atoms with Crippen molar-refractivity contribution in [3.05, 3.63) is 0 Å². The molecule has 0 bridgehead atoms. The minimum Gasteiger partial charge on any atom is -0.329 e. The zero-order valence-corrected chi connectivity index (χ0v) is 9.15. The second kappa shape index (κ2) is 2.76. The topological polar surface area (TPSA) is 49.4 Å². The molecule has 0 radical (unpaired) electrons. The lowest BCUT2D eigenvalue weighted by Crippen LogP contribution is -2.36. The van der Waals surface area contributed by atoms with Crippen LogP contribution in [0, 0.1) is 5.41 Å². The Labute approximate surface area is 91.5 Å². The zero-order valence-electron chi connectivity index (χ0n) is 7.64. The number of hydrogen-bond donors (Lipinski definition) is 1. The largest absolute Gasteiger partial charge is 0.329 e. The van der Waals surface area contributed by atoms with Crippen LogP contribution in [-0.2, 0) is 4.79 Å². The first-order chi connectivity index (χ1) is 6.36. The molecule has 2 rings (SSSR count). The number of nitrogens with zero attached hydrogens (tertiary/aromatic N) is 1. The van der Waals surface area contributed by atoms with Gasteiger partial charge in [0, 0.05) is 12.0 Å². The number of amides is 3. The van der Waals surface area contributed by atoms with E-state index in [2.05, 4.69) is 5.32 Å². The lowest BCUT2D eigenvalue weighted by molar-refractivity contribution is -0.125. The van der Waals surface area contributed by atoms with Crippen molar-refractivity contribution in [1.29, 1.82) is 0 Å². The third-order valence-electron chi connectivity index (χ3n) is 2.81. The van der Waals surface area contributed by atoms with Crippen LogP contribution in [0.4, 0.5) is 4.79 Å². The van der Waals surface area contributed by atoms with Gasteiger partial charge in [-0.2, -0.15) is 0 Å². The molecule has 1 unspecified atom stereocenters. The predicted octanol–water partition coefficient (Wildman–Crippen LogP) is 1.12. The van der Waals surface area contributed by atoms with Crippen LogP contribution in [0.25, 0.3) is 0 Å². The van der Waals surface area contributed by atoms with Gasteiger partial charge in [0.25, 0.3) is 0 Å². The summed E-state index contributed by atoms with van der Waals surface area (Å²) < 4.78 is -0.795. The molecule has 1 saturated carbocycles. The Balaban J connectivity index is 2.05. The monoisotopic (exact) mass is 236 g/mol. The Morgan fingerprint density at radius 2 is 2.07 bits per heavy atom. The predicted molar refractivity (Wildman–Crippen MR) is 52.3 cm³/mol. The second-order valence-electron chi connectivity index (χ2n) is 4.08. The highest BCUT2D eigenvalue weighted by atomic mass is 35.5. The fourth-order valence-electron chi connectivity index (χ4n) is 1.58. The molecule has 6 heteroatoms. The average Bonchev–Trinajstić information content (AvgIpc) is 2.40. The standard InChI is InChI=1S/C8H10Cl2N2O2/c1-7(3-8(7,9)10)4-12-5(13)2-11-6(12)14/h2-4H2,1H3,(H,11,14).